The van der Waals surface area contributed by atoms with Crippen molar-refractivity contribution in [1.29, 1.82) is 0 Å². The molecule has 1 aromatic rings. The number of hydrogen-bond donors (Lipinski definition) is 1. The molecule has 2 unspecified atom stereocenters. The van der Waals surface area contributed by atoms with Gasteiger partial charge in [0.05, 0.1) is 5.92 Å². The van der Waals surface area contributed by atoms with E-state index >= 15 is 0 Å². The number of aryl methyl sites for hydroxylation is 1. The first-order valence-corrected chi connectivity index (χ1v) is 7.21. The van der Waals surface area contributed by atoms with E-state index in [4.69, 9.17) is 5.73 Å². The van der Waals surface area contributed by atoms with Crippen LogP contribution in [0.1, 0.15) is 37.3 Å². The first kappa shape index (κ1) is 14.1. The Morgan fingerprint density at radius 2 is 2.21 bits per heavy atom. The molecule has 0 saturated heterocycles. The summed E-state index contributed by atoms with van der Waals surface area (Å²) in [4.78, 5) is 14.5. The minimum atomic E-state index is 0.0322. The van der Waals surface area contributed by atoms with Crippen LogP contribution in [0.4, 0.5) is 0 Å². The van der Waals surface area contributed by atoms with Crippen molar-refractivity contribution in [3.05, 3.63) is 35.4 Å². The lowest BCUT2D eigenvalue weighted by molar-refractivity contribution is -0.136. The van der Waals surface area contributed by atoms with Gasteiger partial charge in [-0.1, -0.05) is 36.2 Å². The van der Waals surface area contributed by atoms with Gasteiger partial charge in [-0.15, -0.1) is 0 Å². The lowest BCUT2D eigenvalue weighted by atomic mass is 10.0. The molecule has 1 aromatic carbocycles. The molecule has 104 valence electrons. The first-order chi connectivity index (χ1) is 9.11. The minimum absolute atomic E-state index is 0.0322. The van der Waals surface area contributed by atoms with Crippen molar-refractivity contribution in [2.75, 3.05) is 6.54 Å². The topological polar surface area (TPSA) is 46.3 Å². The zero-order chi connectivity index (χ0) is 13.8. The summed E-state index contributed by atoms with van der Waals surface area (Å²) in [6.07, 6.45) is 3.02. The smallest absolute Gasteiger partial charge is 0.227 e. The van der Waals surface area contributed by atoms with Crippen LogP contribution in [-0.2, 0) is 11.3 Å². The maximum absolute atomic E-state index is 12.5. The van der Waals surface area contributed by atoms with Crippen molar-refractivity contribution in [2.24, 2.45) is 11.7 Å². The molecule has 0 radical (unpaired) electrons. The molecule has 0 spiro atoms. The fraction of sp³-hybridized carbons (Fsp3) is 0.562. The molecule has 1 aliphatic carbocycles. The van der Waals surface area contributed by atoms with Crippen molar-refractivity contribution < 1.29 is 4.79 Å². The van der Waals surface area contributed by atoms with Gasteiger partial charge in [-0.3, -0.25) is 4.79 Å². The van der Waals surface area contributed by atoms with Crippen LogP contribution in [0.15, 0.2) is 24.3 Å². The number of carbonyl (C=O) groups is 1. The molecule has 2 N–H and O–H groups in total. The van der Waals surface area contributed by atoms with Gasteiger partial charge in [0, 0.05) is 19.1 Å². The Morgan fingerprint density at radius 3 is 2.79 bits per heavy atom. The zero-order valence-electron chi connectivity index (χ0n) is 11.9. The molecule has 1 saturated carbocycles. The van der Waals surface area contributed by atoms with E-state index in [0.717, 1.165) is 25.8 Å². The monoisotopic (exact) mass is 260 g/mol. The highest BCUT2D eigenvalue weighted by Crippen LogP contribution is 2.26. The van der Waals surface area contributed by atoms with Crippen LogP contribution in [0.5, 0.6) is 0 Å². The SMILES string of the molecule is CCN(Cc1cccc(C)c1)C(=O)C1CCCC1N. The Morgan fingerprint density at radius 1 is 1.42 bits per heavy atom. The Labute approximate surface area is 115 Å². The number of nitrogens with zero attached hydrogens (tertiary/aromatic N) is 1. The molecule has 0 aromatic heterocycles. The Balaban J connectivity index is 2.05. The molecule has 1 fully saturated rings. The average Bonchev–Trinajstić information content (AvgIpc) is 2.81. The van der Waals surface area contributed by atoms with Gasteiger partial charge in [-0.05, 0) is 32.3 Å². The lowest BCUT2D eigenvalue weighted by Gasteiger charge is -2.26. The average molecular weight is 260 g/mol. The largest absolute Gasteiger partial charge is 0.338 e. The summed E-state index contributed by atoms with van der Waals surface area (Å²) in [5, 5.41) is 0. The number of benzene rings is 1. The van der Waals surface area contributed by atoms with Gasteiger partial charge in [-0.25, -0.2) is 0 Å². The highest BCUT2D eigenvalue weighted by atomic mass is 16.2. The minimum Gasteiger partial charge on any atom is -0.338 e. The maximum atomic E-state index is 12.5. The zero-order valence-corrected chi connectivity index (χ0v) is 11.9. The van der Waals surface area contributed by atoms with Gasteiger partial charge in [0.25, 0.3) is 0 Å². The number of carbonyl (C=O) groups excluding carboxylic acids is 1. The third-order valence-corrected chi connectivity index (χ3v) is 4.04. The van der Waals surface area contributed by atoms with E-state index in [1.807, 2.05) is 17.9 Å². The summed E-state index contributed by atoms with van der Waals surface area (Å²) >= 11 is 0. The fourth-order valence-electron chi connectivity index (χ4n) is 2.91. The number of hydrogen-bond acceptors (Lipinski definition) is 2. The van der Waals surface area contributed by atoms with Gasteiger partial charge >= 0.3 is 0 Å². The summed E-state index contributed by atoms with van der Waals surface area (Å²) in [5.74, 6) is 0.263. The summed E-state index contributed by atoms with van der Waals surface area (Å²) < 4.78 is 0. The molecule has 19 heavy (non-hydrogen) atoms. The molecule has 0 heterocycles. The van der Waals surface area contributed by atoms with Crippen LogP contribution in [0, 0.1) is 12.8 Å². The Kier molecular flexibility index (Phi) is 4.59. The molecule has 3 heteroatoms. The summed E-state index contributed by atoms with van der Waals surface area (Å²) in [7, 11) is 0. The summed E-state index contributed by atoms with van der Waals surface area (Å²) in [6.45, 7) is 5.55. The van der Waals surface area contributed by atoms with Gasteiger partial charge in [0.2, 0.25) is 5.91 Å². The van der Waals surface area contributed by atoms with Crippen LogP contribution in [0.2, 0.25) is 0 Å². The van der Waals surface area contributed by atoms with Crippen LogP contribution in [-0.4, -0.2) is 23.4 Å². The molecular formula is C16H24N2O. The summed E-state index contributed by atoms with van der Waals surface area (Å²) in [5.41, 5.74) is 8.47. The van der Waals surface area contributed by atoms with E-state index in [2.05, 4.69) is 25.1 Å². The molecule has 0 bridgehead atoms. The molecule has 3 nitrogen and oxygen atoms in total. The number of rotatable bonds is 4. The third-order valence-electron chi connectivity index (χ3n) is 4.04. The van der Waals surface area contributed by atoms with Crippen molar-refractivity contribution in [3.63, 3.8) is 0 Å². The van der Waals surface area contributed by atoms with Crippen LogP contribution in [0.3, 0.4) is 0 Å². The van der Waals surface area contributed by atoms with Gasteiger partial charge in [0.15, 0.2) is 0 Å². The quantitative estimate of drug-likeness (QED) is 0.904. The molecule has 0 aliphatic heterocycles. The Hall–Kier alpha value is -1.35. The van der Waals surface area contributed by atoms with E-state index in [9.17, 15) is 4.79 Å². The van der Waals surface area contributed by atoms with Crippen molar-refractivity contribution in [3.8, 4) is 0 Å². The summed E-state index contributed by atoms with van der Waals surface area (Å²) in [6, 6.07) is 8.40. The normalized spacial score (nSPS) is 22.5. The van der Waals surface area contributed by atoms with E-state index in [1.165, 1.54) is 11.1 Å². The second kappa shape index (κ2) is 6.20. The van der Waals surface area contributed by atoms with Crippen LogP contribution in [0.25, 0.3) is 0 Å². The molecule has 1 amide bonds. The van der Waals surface area contributed by atoms with E-state index < -0.39 is 0 Å². The van der Waals surface area contributed by atoms with Crippen LogP contribution >= 0.6 is 0 Å². The highest BCUT2D eigenvalue weighted by molar-refractivity contribution is 5.79. The first-order valence-electron chi connectivity index (χ1n) is 7.21. The molecule has 2 rings (SSSR count). The number of nitrogens with two attached hydrogens (primary N) is 1. The van der Waals surface area contributed by atoms with Crippen LogP contribution < -0.4 is 5.73 Å². The Bertz CT molecular complexity index is 444. The van der Waals surface area contributed by atoms with Gasteiger partial charge < -0.3 is 10.6 Å². The molecular weight excluding hydrogens is 236 g/mol. The second-order valence-corrected chi connectivity index (χ2v) is 5.54. The van der Waals surface area contributed by atoms with Crippen molar-refractivity contribution in [1.82, 2.24) is 4.90 Å². The fourth-order valence-corrected chi connectivity index (χ4v) is 2.91. The molecule has 1 aliphatic rings. The van der Waals surface area contributed by atoms with Gasteiger partial charge in [0.1, 0.15) is 0 Å². The standard InChI is InChI=1S/C16H24N2O/c1-3-18(11-13-7-4-6-12(2)10-13)16(19)14-8-5-9-15(14)17/h4,6-7,10,14-15H,3,5,8-9,11,17H2,1-2H3. The van der Waals surface area contributed by atoms with Gasteiger partial charge in [-0.2, -0.15) is 0 Å². The number of amides is 1. The predicted octanol–water partition coefficient (Wildman–Crippen LogP) is 2.47. The van der Waals surface area contributed by atoms with E-state index in [1.54, 1.807) is 0 Å². The van der Waals surface area contributed by atoms with Crippen molar-refractivity contribution >= 4 is 5.91 Å². The second-order valence-electron chi connectivity index (χ2n) is 5.54. The predicted molar refractivity (Wildman–Crippen MR) is 77.6 cm³/mol. The molecule has 2 atom stereocenters. The lowest BCUT2D eigenvalue weighted by Crippen LogP contribution is -2.41. The highest BCUT2D eigenvalue weighted by Gasteiger charge is 2.32. The van der Waals surface area contributed by atoms with E-state index in [0.29, 0.717) is 6.54 Å². The maximum Gasteiger partial charge on any atom is 0.227 e. The third kappa shape index (κ3) is 3.35. The van der Waals surface area contributed by atoms with E-state index in [-0.39, 0.29) is 17.9 Å². The van der Waals surface area contributed by atoms with Crippen molar-refractivity contribution in [2.45, 2.75) is 45.7 Å².